The van der Waals surface area contributed by atoms with E-state index in [0.717, 1.165) is 30.4 Å². The van der Waals surface area contributed by atoms with E-state index >= 15 is 0 Å². The second kappa shape index (κ2) is 11.1. The van der Waals surface area contributed by atoms with Crippen LogP contribution in [-0.2, 0) is 27.8 Å². The largest absolute Gasteiger partial charge is 0.325 e. The molecule has 1 amide bonds. The van der Waals surface area contributed by atoms with E-state index < -0.39 is 10.0 Å². The van der Waals surface area contributed by atoms with Gasteiger partial charge in [0, 0.05) is 12.2 Å². The smallest absolute Gasteiger partial charge is 0.243 e. The summed E-state index contributed by atoms with van der Waals surface area (Å²) in [4.78, 5) is 13.0. The topological polar surface area (TPSA) is 66.5 Å². The van der Waals surface area contributed by atoms with Gasteiger partial charge in [-0.1, -0.05) is 73.5 Å². The van der Waals surface area contributed by atoms with Gasteiger partial charge in [-0.2, -0.15) is 4.31 Å². The van der Waals surface area contributed by atoms with Crippen LogP contribution >= 0.6 is 0 Å². The third kappa shape index (κ3) is 6.52. The lowest BCUT2D eigenvalue weighted by atomic mass is 10.1. The van der Waals surface area contributed by atoms with Gasteiger partial charge in [0.1, 0.15) is 0 Å². The van der Waals surface area contributed by atoms with E-state index in [-0.39, 0.29) is 23.9 Å². The van der Waals surface area contributed by atoms with Gasteiger partial charge in [0.25, 0.3) is 0 Å². The maximum atomic E-state index is 13.3. The molecule has 0 fully saturated rings. The number of nitrogens with zero attached hydrogens (tertiary/aromatic N) is 1. The number of benzene rings is 3. The van der Waals surface area contributed by atoms with Gasteiger partial charge >= 0.3 is 0 Å². The van der Waals surface area contributed by atoms with Crippen LogP contribution in [0.5, 0.6) is 0 Å². The standard InChI is InChI=1S/C26H30N2O3S/c1-3-4-8-22-13-15-24(16-14-22)27-26(29)20-28(19-23-9-6-5-7-10-23)32(30,31)25-17-11-21(2)12-18-25/h5-7,9-18H,3-4,8,19-20H2,1-2H3,(H,27,29). The number of amides is 1. The van der Waals surface area contributed by atoms with Gasteiger partial charge < -0.3 is 5.32 Å². The van der Waals surface area contributed by atoms with Crippen LogP contribution < -0.4 is 5.32 Å². The van der Waals surface area contributed by atoms with Crippen molar-refractivity contribution < 1.29 is 13.2 Å². The lowest BCUT2D eigenvalue weighted by Crippen LogP contribution is -2.37. The Morgan fingerprint density at radius 3 is 2.16 bits per heavy atom. The summed E-state index contributed by atoms with van der Waals surface area (Å²) in [7, 11) is -3.85. The molecule has 0 aliphatic heterocycles. The number of hydrogen-bond donors (Lipinski definition) is 1. The normalized spacial score (nSPS) is 11.5. The fourth-order valence-electron chi connectivity index (χ4n) is 3.37. The van der Waals surface area contributed by atoms with Crippen LogP contribution in [0, 0.1) is 6.92 Å². The first kappa shape index (κ1) is 23.7. The number of nitrogens with one attached hydrogen (secondary N) is 1. The van der Waals surface area contributed by atoms with E-state index in [2.05, 4.69) is 12.2 Å². The molecule has 0 aromatic heterocycles. The van der Waals surface area contributed by atoms with Gasteiger partial charge in [-0.15, -0.1) is 0 Å². The zero-order valence-electron chi connectivity index (χ0n) is 18.6. The Morgan fingerprint density at radius 1 is 0.875 bits per heavy atom. The van der Waals surface area contributed by atoms with Crippen molar-refractivity contribution in [1.82, 2.24) is 4.31 Å². The van der Waals surface area contributed by atoms with Crippen molar-refractivity contribution in [2.75, 3.05) is 11.9 Å². The highest BCUT2D eigenvalue weighted by atomic mass is 32.2. The SMILES string of the molecule is CCCCc1ccc(NC(=O)CN(Cc2ccccc2)S(=O)(=O)c2ccc(C)cc2)cc1. The summed E-state index contributed by atoms with van der Waals surface area (Å²) in [5, 5.41) is 2.83. The van der Waals surface area contributed by atoms with Crippen molar-refractivity contribution in [1.29, 1.82) is 0 Å². The van der Waals surface area contributed by atoms with Crippen molar-refractivity contribution in [2.24, 2.45) is 0 Å². The molecule has 0 saturated heterocycles. The van der Waals surface area contributed by atoms with Gasteiger partial charge in [-0.05, 0) is 55.2 Å². The van der Waals surface area contributed by atoms with Crippen LogP contribution in [0.1, 0.15) is 36.5 Å². The highest BCUT2D eigenvalue weighted by Gasteiger charge is 2.27. The zero-order chi connectivity index (χ0) is 23.0. The van der Waals surface area contributed by atoms with E-state index in [1.807, 2.05) is 61.5 Å². The van der Waals surface area contributed by atoms with Crippen molar-refractivity contribution in [3.63, 3.8) is 0 Å². The third-order valence-corrected chi connectivity index (χ3v) is 7.04. The molecule has 0 saturated carbocycles. The fraction of sp³-hybridized carbons (Fsp3) is 0.269. The van der Waals surface area contributed by atoms with Crippen molar-refractivity contribution in [3.05, 3.63) is 95.6 Å². The molecule has 0 atom stereocenters. The molecule has 168 valence electrons. The van der Waals surface area contributed by atoms with Crippen LogP contribution in [0.4, 0.5) is 5.69 Å². The maximum Gasteiger partial charge on any atom is 0.243 e. The number of hydrogen-bond acceptors (Lipinski definition) is 3. The summed E-state index contributed by atoms with van der Waals surface area (Å²) < 4.78 is 27.9. The molecule has 0 aliphatic carbocycles. The Hall–Kier alpha value is -2.96. The summed E-state index contributed by atoms with van der Waals surface area (Å²) in [6.45, 7) is 3.89. The molecule has 0 spiro atoms. The quantitative estimate of drug-likeness (QED) is 0.464. The van der Waals surface area contributed by atoms with Crippen LogP contribution in [0.3, 0.4) is 0 Å². The minimum absolute atomic E-state index is 0.112. The Kier molecular flexibility index (Phi) is 8.20. The number of rotatable bonds is 10. The van der Waals surface area contributed by atoms with Crippen LogP contribution in [0.15, 0.2) is 83.8 Å². The van der Waals surface area contributed by atoms with Crippen LogP contribution in [0.2, 0.25) is 0 Å². The van der Waals surface area contributed by atoms with Crippen LogP contribution in [-0.4, -0.2) is 25.2 Å². The Morgan fingerprint density at radius 2 is 1.53 bits per heavy atom. The highest BCUT2D eigenvalue weighted by Crippen LogP contribution is 2.20. The van der Waals surface area contributed by atoms with Gasteiger partial charge in [0.05, 0.1) is 11.4 Å². The molecule has 3 aromatic carbocycles. The minimum atomic E-state index is -3.85. The average molecular weight is 451 g/mol. The Balaban J connectivity index is 1.77. The molecule has 1 N–H and O–H groups in total. The van der Waals surface area contributed by atoms with Crippen LogP contribution in [0.25, 0.3) is 0 Å². The predicted octanol–water partition coefficient (Wildman–Crippen LogP) is 5.17. The van der Waals surface area contributed by atoms with E-state index in [1.54, 1.807) is 24.3 Å². The van der Waals surface area contributed by atoms with Crippen molar-refractivity contribution >= 4 is 21.6 Å². The highest BCUT2D eigenvalue weighted by molar-refractivity contribution is 7.89. The van der Waals surface area contributed by atoms with Gasteiger partial charge in [0.2, 0.25) is 15.9 Å². The monoisotopic (exact) mass is 450 g/mol. The maximum absolute atomic E-state index is 13.3. The van der Waals surface area contributed by atoms with E-state index in [4.69, 9.17) is 0 Å². The number of carbonyl (C=O) groups is 1. The Bertz CT molecular complexity index is 1110. The summed E-state index contributed by atoms with van der Waals surface area (Å²) in [5.74, 6) is -0.377. The lowest BCUT2D eigenvalue weighted by molar-refractivity contribution is -0.116. The first-order chi connectivity index (χ1) is 15.4. The number of sulfonamides is 1. The molecule has 0 heterocycles. The Labute approximate surface area is 191 Å². The lowest BCUT2D eigenvalue weighted by Gasteiger charge is -2.22. The van der Waals surface area contributed by atoms with E-state index in [1.165, 1.54) is 9.87 Å². The first-order valence-corrected chi connectivity index (χ1v) is 12.3. The average Bonchev–Trinajstić information content (AvgIpc) is 2.79. The molecule has 3 rings (SSSR count). The molecular weight excluding hydrogens is 420 g/mol. The molecule has 32 heavy (non-hydrogen) atoms. The molecule has 0 bridgehead atoms. The molecule has 0 aliphatic rings. The number of unbranched alkanes of at least 4 members (excludes halogenated alkanes) is 1. The summed E-state index contributed by atoms with van der Waals surface area (Å²) in [6.07, 6.45) is 3.26. The minimum Gasteiger partial charge on any atom is -0.325 e. The second-order valence-electron chi connectivity index (χ2n) is 7.92. The molecule has 6 heteroatoms. The molecule has 3 aromatic rings. The second-order valence-corrected chi connectivity index (χ2v) is 9.86. The van der Waals surface area contributed by atoms with Gasteiger partial charge in [-0.3, -0.25) is 4.79 Å². The van der Waals surface area contributed by atoms with E-state index in [0.29, 0.717) is 5.69 Å². The first-order valence-electron chi connectivity index (χ1n) is 10.9. The summed E-state index contributed by atoms with van der Waals surface area (Å²) in [6, 6.07) is 23.7. The third-order valence-electron chi connectivity index (χ3n) is 5.24. The number of aryl methyl sites for hydroxylation is 2. The van der Waals surface area contributed by atoms with Crippen molar-refractivity contribution in [2.45, 2.75) is 44.6 Å². The summed E-state index contributed by atoms with van der Waals surface area (Å²) in [5.41, 5.74) is 3.66. The molecular formula is C26H30N2O3S. The number of anilines is 1. The molecule has 5 nitrogen and oxygen atoms in total. The van der Waals surface area contributed by atoms with Gasteiger partial charge in [0.15, 0.2) is 0 Å². The summed E-state index contributed by atoms with van der Waals surface area (Å²) >= 11 is 0. The predicted molar refractivity (Wildman–Crippen MR) is 129 cm³/mol. The molecule has 0 unspecified atom stereocenters. The fourth-order valence-corrected chi connectivity index (χ4v) is 4.75. The molecule has 0 radical (unpaired) electrons. The van der Waals surface area contributed by atoms with E-state index in [9.17, 15) is 13.2 Å². The van der Waals surface area contributed by atoms with Crippen molar-refractivity contribution in [3.8, 4) is 0 Å². The van der Waals surface area contributed by atoms with Gasteiger partial charge in [-0.25, -0.2) is 8.42 Å². The zero-order valence-corrected chi connectivity index (χ0v) is 19.4. The number of carbonyl (C=O) groups excluding carboxylic acids is 1.